The molecule has 5 N–H and O–H groups in total. The largest absolute Gasteiger partial charge is 0.508 e. The van der Waals surface area contributed by atoms with Gasteiger partial charge in [-0.25, -0.2) is 4.39 Å². The second-order valence-corrected chi connectivity index (χ2v) is 7.27. The van der Waals surface area contributed by atoms with Crippen LogP contribution >= 0.6 is 0 Å². The van der Waals surface area contributed by atoms with Crippen LogP contribution in [0.2, 0.25) is 0 Å². The number of hydrogen-bond acceptors (Lipinski definition) is 5. The molecule has 0 radical (unpaired) electrons. The van der Waals surface area contributed by atoms with Crippen LogP contribution in [0.4, 0.5) is 23.2 Å². The predicted molar refractivity (Wildman–Crippen MR) is 95.1 cm³/mol. The van der Waals surface area contributed by atoms with Crippen molar-refractivity contribution >= 4 is 11.6 Å². The molecule has 0 aliphatic rings. The van der Waals surface area contributed by atoms with Gasteiger partial charge < -0.3 is 25.7 Å². The van der Waals surface area contributed by atoms with Gasteiger partial charge in [-0.05, 0) is 23.6 Å². The quantitative estimate of drug-likeness (QED) is 0.478. The van der Waals surface area contributed by atoms with Gasteiger partial charge in [-0.2, -0.15) is 13.2 Å². The van der Waals surface area contributed by atoms with Gasteiger partial charge >= 0.3 is 6.18 Å². The summed E-state index contributed by atoms with van der Waals surface area (Å²) in [6.07, 6.45) is -6.69. The zero-order valence-electron chi connectivity index (χ0n) is 15.4. The van der Waals surface area contributed by atoms with Gasteiger partial charge in [-0.3, -0.25) is 4.79 Å². The number of aliphatic hydroxyl groups is 1. The van der Waals surface area contributed by atoms with Crippen molar-refractivity contribution in [3.63, 3.8) is 0 Å². The van der Waals surface area contributed by atoms with Crippen LogP contribution in [0.3, 0.4) is 0 Å². The SMILES string of the molecule is CC(C)(CC(O)(C(=O)Nc1cc(O)cc(O)c1)C(F)(F)F)c1cc(F)ccc1O. The Kier molecular flexibility index (Phi) is 5.71. The first-order valence-corrected chi connectivity index (χ1v) is 8.28. The van der Waals surface area contributed by atoms with Crippen LogP contribution in [0, 0.1) is 5.82 Å². The first-order valence-electron chi connectivity index (χ1n) is 8.28. The van der Waals surface area contributed by atoms with Gasteiger partial charge in [-0.15, -0.1) is 0 Å². The van der Waals surface area contributed by atoms with Crippen molar-refractivity contribution in [1.29, 1.82) is 0 Å². The minimum Gasteiger partial charge on any atom is -0.508 e. The molecule has 1 unspecified atom stereocenters. The lowest BCUT2D eigenvalue weighted by Crippen LogP contribution is -2.57. The summed E-state index contributed by atoms with van der Waals surface area (Å²) in [5, 5.41) is 40.9. The third kappa shape index (κ3) is 4.70. The minimum absolute atomic E-state index is 0.233. The van der Waals surface area contributed by atoms with Crippen molar-refractivity contribution in [2.24, 2.45) is 0 Å². The highest BCUT2D eigenvalue weighted by Crippen LogP contribution is 2.44. The molecule has 29 heavy (non-hydrogen) atoms. The summed E-state index contributed by atoms with van der Waals surface area (Å²) >= 11 is 0. The number of phenols is 3. The molecule has 2 aromatic carbocycles. The van der Waals surface area contributed by atoms with Crippen LogP contribution in [0.1, 0.15) is 25.8 Å². The highest BCUT2D eigenvalue weighted by Gasteiger charge is 2.61. The zero-order valence-corrected chi connectivity index (χ0v) is 15.4. The Labute approximate surface area is 163 Å². The Morgan fingerprint density at radius 1 is 1.00 bits per heavy atom. The molecule has 0 aromatic heterocycles. The molecule has 1 amide bonds. The average molecular weight is 417 g/mol. The topological polar surface area (TPSA) is 110 Å². The molecule has 0 aliphatic heterocycles. The van der Waals surface area contributed by atoms with Crippen LogP contribution < -0.4 is 5.32 Å². The average Bonchev–Trinajstić information content (AvgIpc) is 2.54. The van der Waals surface area contributed by atoms with Gasteiger partial charge in [0.05, 0.1) is 0 Å². The lowest BCUT2D eigenvalue weighted by Gasteiger charge is -2.36. The number of alkyl halides is 3. The van der Waals surface area contributed by atoms with E-state index in [4.69, 9.17) is 0 Å². The van der Waals surface area contributed by atoms with Gasteiger partial charge in [0, 0.05) is 35.9 Å². The summed E-state index contributed by atoms with van der Waals surface area (Å²) < 4.78 is 54.6. The van der Waals surface area contributed by atoms with Gasteiger partial charge in [0.15, 0.2) is 0 Å². The maximum atomic E-state index is 13.7. The Morgan fingerprint density at radius 2 is 1.55 bits per heavy atom. The number of rotatable bonds is 5. The summed E-state index contributed by atoms with van der Waals surface area (Å²) in [6, 6.07) is 5.31. The number of phenolic OH excluding ortho intramolecular Hbond substituents is 3. The van der Waals surface area contributed by atoms with E-state index in [1.807, 2.05) is 0 Å². The number of halogens is 4. The highest BCUT2D eigenvalue weighted by molar-refractivity contribution is 5.98. The van der Waals surface area contributed by atoms with Gasteiger partial charge in [-0.1, -0.05) is 13.8 Å². The predicted octanol–water partition coefficient (Wildman–Crippen LogP) is 3.54. The molecule has 158 valence electrons. The fourth-order valence-corrected chi connectivity index (χ4v) is 3.00. The van der Waals surface area contributed by atoms with Crippen molar-refractivity contribution in [2.75, 3.05) is 5.32 Å². The fraction of sp³-hybridized carbons (Fsp3) is 0.316. The van der Waals surface area contributed by atoms with Gasteiger partial charge in [0.2, 0.25) is 5.60 Å². The monoisotopic (exact) mass is 417 g/mol. The summed E-state index contributed by atoms with van der Waals surface area (Å²) in [5.41, 5.74) is -6.24. The summed E-state index contributed by atoms with van der Waals surface area (Å²) in [6.45, 7) is 2.40. The van der Waals surface area contributed by atoms with Gasteiger partial charge in [0.25, 0.3) is 5.91 Å². The lowest BCUT2D eigenvalue weighted by molar-refractivity contribution is -0.254. The summed E-state index contributed by atoms with van der Waals surface area (Å²) in [4.78, 5) is 12.4. The molecule has 0 heterocycles. The third-order valence-electron chi connectivity index (χ3n) is 4.39. The summed E-state index contributed by atoms with van der Waals surface area (Å²) in [5.74, 6) is -4.25. The zero-order chi connectivity index (χ0) is 22.2. The number of carbonyl (C=O) groups excluding carboxylic acids is 1. The molecule has 2 aromatic rings. The number of nitrogens with one attached hydrogen (secondary N) is 1. The van der Waals surface area contributed by atoms with E-state index in [-0.39, 0.29) is 11.3 Å². The molecule has 0 saturated carbocycles. The highest BCUT2D eigenvalue weighted by atomic mass is 19.4. The molecule has 0 bridgehead atoms. The molecule has 6 nitrogen and oxygen atoms in total. The Bertz CT molecular complexity index is 909. The molecule has 0 spiro atoms. The number of carbonyl (C=O) groups is 1. The van der Waals surface area contributed by atoms with E-state index in [0.717, 1.165) is 36.4 Å². The van der Waals surface area contributed by atoms with E-state index < -0.39 is 52.6 Å². The number of hydrogen-bond donors (Lipinski definition) is 5. The molecule has 0 saturated heterocycles. The molecule has 10 heteroatoms. The van der Waals surface area contributed by atoms with E-state index >= 15 is 0 Å². The van der Waals surface area contributed by atoms with Crippen LogP contribution in [-0.4, -0.2) is 38.1 Å². The first-order chi connectivity index (χ1) is 13.2. The molecule has 1 atom stereocenters. The number of benzene rings is 2. The lowest BCUT2D eigenvalue weighted by atomic mass is 9.74. The third-order valence-corrected chi connectivity index (χ3v) is 4.39. The maximum Gasteiger partial charge on any atom is 0.426 e. The number of anilines is 1. The van der Waals surface area contributed by atoms with E-state index in [0.29, 0.717) is 0 Å². The second kappa shape index (κ2) is 7.43. The molecule has 0 aliphatic carbocycles. The van der Waals surface area contributed by atoms with Crippen LogP contribution in [0.25, 0.3) is 0 Å². The van der Waals surface area contributed by atoms with Gasteiger partial charge in [0.1, 0.15) is 23.1 Å². The Hall–Kier alpha value is -3.01. The normalized spacial score (nSPS) is 14.3. The van der Waals surface area contributed by atoms with E-state index in [9.17, 15) is 42.8 Å². The van der Waals surface area contributed by atoms with E-state index in [1.165, 1.54) is 13.8 Å². The molecular weight excluding hydrogens is 398 g/mol. The second-order valence-electron chi connectivity index (χ2n) is 7.27. The molecule has 2 rings (SSSR count). The standard InChI is InChI=1S/C19H19F4NO5/c1-17(2,14-5-10(20)3-4-15(14)27)9-18(29,19(21,22)23)16(28)24-11-6-12(25)8-13(26)7-11/h3-8,25-27,29H,9H2,1-2H3,(H,24,28). The molecule has 0 fully saturated rings. The maximum absolute atomic E-state index is 13.7. The molecular formula is C19H19F4NO5. The van der Waals surface area contributed by atoms with Crippen molar-refractivity contribution in [1.82, 2.24) is 0 Å². The van der Waals surface area contributed by atoms with Crippen LogP contribution in [0.15, 0.2) is 36.4 Å². The first kappa shape index (κ1) is 22.3. The number of amides is 1. The van der Waals surface area contributed by atoms with E-state index in [1.54, 1.807) is 5.32 Å². The summed E-state index contributed by atoms with van der Waals surface area (Å²) in [7, 11) is 0. The van der Waals surface area contributed by atoms with Crippen molar-refractivity contribution in [3.05, 3.63) is 47.8 Å². The van der Waals surface area contributed by atoms with Crippen LogP contribution in [-0.2, 0) is 10.2 Å². The minimum atomic E-state index is -5.43. The van der Waals surface area contributed by atoms with E-state index in [2.05, 4.69) is 0 Å². The number of aromatic hydroxyl groups is 3. The van der Waals surface area contributed by atoms with Crippen molar-refractivity contribution in [3.8, 4) is 17.2 Å². The Morgan fingerprint density at radius 3 is 2.07 bits per heavy atom. The van der Waals surface area contributed by atoms with Crippen molar-refractivity contribution < 1.29 is 42.8 Å². The van der Waals surface area contributed by atoms with Crippen molar-refractivity contribution in [2.45, 2.75) is 37.5 Å². The Balaban J connectivity index is 2.43. The smallest absolute Gasteiger partial charge is 0.426 e. The fourth-order valence-electron chi connectivity index (χ4n) is 3.00. The van der Waals surface area contributed by atoms with Crippen LogP contribution in [0.5, 0.6) is 17.2 Å².